The van der Waals surface area contributed by atoms with Crippen LogP contribution < -0.4 is 15.4 Å². The maximum atomic E-state index is 12.6. The van der Waals surface area contributed by atoms with Crippen LogP contribution in [0.25, 0.3) is 0 Å². The molecule has 2 rings (SSSR count). The molecule has 0 fully saturated rings. The van der Waals surface area contributed by atoms with Gasteiger partial charge in [-0.15, -0.1) is 11.3 Å². The predicted octanol–water partition coefficient (Wildman–Crippen LogP) is 2.07. The van der Waals surface area contributed by atoms with E-state index in [1.165, 1.54) is 18.4 Å². The summed E-state index contributed by atoms with van der Waals surface area (Å²) in [4.78, 5) is 25.1. The van der Waals surface area contributed by atoms with Crippen LogP contribution in [0, 0.1) is 0 Å². The molecule has 1 heterocycles. The van der Waals surface area contributed by atoms with Gasteiger partial charge in [0.1, 0.15) is 17.2 Å². The van der Waals surface area contributed by atoms with Gasteiger partial charge >= 0.3 is 5.97 Å². The Morgan fingerprint density at radius 2 is 2.05 bits per heavy atom. The number of ether oxygens (including phenoxy) is 1. The molecule has 110 valence electrons. The number of nitrogens with zero attached hydrogens (tertiary/aromatic N) is 1. The molecule has 7 heteroatoms. The molecule has 1 aromatic heterocycles. The summed E-state index contributed by atoms with van der Waals surface area (Å²) in [5.41, 5.74) is 6.54. The van der Waals surface area contributed by atoms with Crippen LogP contribution in [0.5, 0.6) is 5.75 Å². The van der Waals surface area contributed by atoms with Crippen LogP contribution in [-0.4, -0.2) is 30.6 Å². The van der Waals surface area contributed by atoms with E-state index in [9.17, 15) is 9.59 Å². The smallest absolute Gasteiger partial charge is 0.323 e. The average Bonchev–Trinajstić information content (AvgIpc) is 2.93. The van der Waals surface area contributed by atoms with E-state index in [1.807, 2.05) is 0 Å². The number of benzene rings is 1. The monoisotopic (exact) mass is 306 g/mol. The first kappa shape index (κ1) is 14.9. The van der Waals surface area contributed by atoms with Crippen molar-refractivity contribution >= 4 is 34.6 Å². The van der Waals surface area contributed by atoms with Gasteiger partial charge in [-0.25, -0.2) is 0 Å². The van der Waals surface area contributed by atoms with Crippen LogP contribution in [0.1, 0.15) is 9.67 Å². The van der Waals surface area contributed by atoms with Crippen molar-refractivity contribution in [2.75, 3.05) is 24.3 Å². The third-order valence-electron chi connectivity index (χ3n) is 2.81. The fourth-order valence-corrected chi connectivity index (χ4v) is 2.68. The largest absolute Gasteiger partial charge is 0.495 e. The lowest BCUT2D eigenvalue weighted by atomic mass is 10.2. The highest BCUT2D eigenvalue weighted by atomic mass is 32.1. The number of nitrogen functional groups attached to an aromatic ring is 1. The molecule has 1 aromatic carbocycles. The Labute approximate surface area is 125 Å². The van der Waals surface area contributed by atoms with Crippen LogP contribution in [-0.2, 0) is 4.79 Å². The number of carbonyl (C=O) groups excluding carboxylic acids is 1. The first-order chi connectivity index (χ1) is 10.0. The van der Waals surface area contributed by atoms with E-state index < -0.39 is 18.4 Å². The molecule has 0 spiro atoms. The Bertz CT molecular complexity index is 668. The molecule has 1 amide bonds. The van der Waals surface area contributed by atoms with Gasteiger partial charge in [0.05, 0.1) is 18.5 Å². The Balaban J connectivity index is 2.44. The van der Waals surface area contributed by atoms with E-state index >= 15 is 0 Å². The summed E-state index contributed by atoms with van der Waals surface area (Å²) in [7, 11) is 1.46. The highest BCUT2D eigenvalue weighted by Crippen LogP contribution is 2.30. The van der Waals surface area contributed by atoms with Gasteiger partial charge in [-0.05, 0) is 23.6 Å². The van der Waals surface area contributed by atoms with Gasteiger partial charge < -0.3 is 15.6 Å². The van der Waals surface area contributed by atoms with Gasteiger partial charge in [-0.2, -0.15) is 0 Å². The minimum atomic E-state index is -1.12. The van der Waals surface area contributed by atoms with E-state index in [-0.39, 0.29) is 0 Å². The number of rotatable bonds is 5. The molecule has 0 unspecified atom stereocenters. The van der Waals surface area contributed by atoms with Crippen LogP contribution in [0.15, 0.2) is 35.7 Å². The number of hydrogen-bond donors (Lipinski definition) is 2. The lowest BCUT2D eigenvalue weighted by Gasteiger charge is -2.22. The third-order valence-corrected chi connectivity index (χ3v) is 3.69. The van der Waals surface area contributed by atoms with Crippen molar-refractivity contribution in [3.05, 3.63) is 40.6 Å². The highest BCUT2D eigenvalue weighted by Gasteiger charge is 2.25. The van der Waals surface area contributed by atoms with Crippen molar-refractivity contribution in [3.63, 3.8) is 0 Å². The van der Waals surface area contributed by atoms with Gasteiger partial charge in [-0.1, -0.05) is 12.1 Å². The fraction of sp³-hybridized carbons (Fsp3) is 0.143. The molecular formula is C14H14N2O4S. The summed E-state index contributed by atoms with van der Waals surface area (Å²) in [5, 5.41) is 10.8. The number of thiophene rings is 1. The van der Waals surface area contributed by atoms with Crippen molar-refractivity contribution < 1.29 is 19.4 Å². The Kier molecular flexibility index (Phi) is 4.44. The van der Waals surface area contributed by atoms with Crippen molar-refractivity contribution in [1.82, 2.24) is 0 Å². The van der Waals surface area contributed by atoms with Crippen LogP contribution in [0.2, 0.25) is 0 Å². The zero-order valence-corrected chi connectivity index (χ0v) is 12.1. The third kappa shape index (κ3) is 3.14. The number of para-hydroxylation sites is 2. The Hall–Kier alpha value is -2.54. The van der Waals surface area contributed by atoms with E-state index in [4.69, 9.17) is 15.6 Å². The molecule has 0 aliphatic carbocycles. The van der Waals surface area contributed by atoms with Gasteiger partial charge in [0.15, 0.2) is 0 Å². The molecule has 0 aliphatic heterocycles. The van der Waals surface area contributed by atoms with Gasteiger partial charge in [0.2, 0.25) is 0 Å². The van der Waals surface area contributed by atoms with Crippen molar-refractivity contribution in [3.8, 4) is 5.75 Å². The van der Waals surface area contributed by atoms with Crippen molar-refractivity contribution in [1.29, 1.82) is 0 Å². The summed E-state index contributed by atoms with van der Waals surface area (Å²) >= 11 is 1.19. The van der Waals surface area contributed by atoms with Gasteiger partial charge in [0, 0.05) is 0 Å². The number of carbonyl (C=O) groups is 2. The lowest BCUT2D eigenvalue weighted by Crippen LogP contribution is -2.36. The molecule has 21 heavy (non-hydrogen) atoms. The van der Waals surface area contributed by atoms with Gasteiger partial charge in [-0.3, -0.25) is 14.5 Å². The Morgan fingerprint density at radius 3 is 2.67 bits per heavy atom. The van der Waals surface area contributed by atoms with Crippen molar-refractivity contribution in [2.24, 2.45) is 0 Å². The average molecular weight is 306 g/mol. The number of hydrogen-bond acceptors (Lipinski definition) is 5. The molecule has 0 bridgehead atoms. The number of aliphatic carboxylic acids is 1. The number of nitrogens with two attached hydrogens (primary N) is 1. The standard InChI is InChI=1S/C14H14N2O4S/c1-20-11-6-7-21-13(11)14(19)16(8-12(17)18)10-5-3-2-4-9(10)15/h2-7H,8,15H2,1H3,(H,17,18). The SMILES string of the molecule is COc1ccsc1C(=O)N(CC(=O)O)c1ccccc1N. The molecule has 0 saturated heterocycles. The maximum Gasteiger partial charge on any atom is 0.323 e. The number of methoxy groups -OCH3 is 1. The number of amides is 1. The number of carboxylic acid groups (broad SMARTS) is 1. The van der Waals surface area contributed by atoms with Crippen LogP contribution in [0.3, 0.4) is 0 Å². The summed E-state index contributed by atoms with van der Waals surface area (Å²) in [6, 6.07) is 8.29. The zero-order chi connectivity index (χ0) is 15.4. The van der Waals surface area contributed by atoms with Crippen molar-refractivity contribution in [2.45, 2.75) is 0 Å². The van der Waals surface area contributed by atoms with E-state index in [0.717, 1.165) is 4.90 Å². The number of anilines is 2. The second kappa shape index (κ2) is 6.27. The quantitative estimate of drug-likeness (QED) is 0.825. The summed E-state index contributed by atoms with van der Waals surface area (Å²) in [6.45, 7) is -0.478. The molecule has 0 aliphatic rings. The molecule has 0 saturated carbocycles. The minimum Gasteiger partial charge on any atom is -0.495 e. The highest BCUT2D eigenvalue weighted by molar-refractivity contribution is 7.12. The molecule has 3 N–H and O–H groups in total. The summed E-state index contributed by atoms with van der Waals surface area (Å²) < 4.78 is 5.11. The fourth-order valence-electron chi connectivity index (χ4n) is 1.87. The molecule has 0 atom stereocenters. The van der Waals surface area contributed by atoms with E-state index in [0.29, 0.717) is 22.0 Å². The normalized spacial score (nSPS) is 10.1. The number of carboxylic acids is 1. The Morgan fingerprint density at radius 1 is 1.33 bits per heavy atom. The molecule has 6 nitrogen and oxygen atoms in total. The predicted molar refractivity (Wildman–Crippen MR) is 81.0 cm³/mol. The topological polar surface area (TPSA) is 92.9 Å². The summed E-state index contributed by atoms with van der Waals surface area (Å²) in [5.74, 6) is -1.17. The minimum absolute atomic E-state index is 0.335. The molecule has 0 radical (unpaired) electrons. The first-order valence-corrected chi connectivity index (χ1v) is 6.92. The van der Waals surface area contributed by atoms with Crippen LogP contribution >= 0.6 is 11.3 Å². The van der Waals surface area contributed by atoms with Crippen LogP contribution in [0.4, 0.5) is 11.4 Å². The maximum absolute atomic E-state index is 12.6. The lowest BCUT2D eigenvalue weighted by molar-refractivity contribution is -0.135. The molecule has 2 aromatic rings. The first-order valence-electron chi connectivity index (χ1n) is 6.04. The summed E-state index contributed by atoms with van der Waals surface area (Å²) in [6.07, 6.45) is 0. The van der Waals surface area contributed by atoms with E-state index in [1.54, 1.807) is 35.7 Å². The van der Waals surface area contributed by atoms with Gasteiger partial charge in [0.25, 0.3) is 5.91 Å². The second-order valence-electron chi connectivity index (χ2n) is 4.16. The molecular weight excluding hydrogens is 292 g/mol. The second-order valence-corrected chi connectivity index (χ2v) is 5.08. The van der Waals surface area contributed by atoms with E-state index in [2.05, 4.69) is 0 Å². The zero-order valence-electron chi connectivity index (χ0n) is 11.3.